The molecule has 1 aromatic heterocycles. The average Bonchev–Trinajstić information content (AvgIpc) is 2.39. The maximum absolute atomic E-state index is 11.9. The van der Waals surface area contributed by atoms with Gasteiger partial charge >= 0.3 is 0 Å². The summed E-state index contributed by atoms with van der Waals surface area (Å²) in [6.07, 6.45) is 2.83. The van der Waals surface area contributed by atoms with Crippen LogP contribution in [0.1, 0.15) is 35.6 Å². The summed E-state index contributed by atoms with van der Waals surface area (Å²) < 4.78 is 0. The fourth-order valence-corrected chi connectivity index (χ4v) is 2.69. The lowest BCUT2D eigenvalue weighted by atomic mass is 9.82. The highest BCUT2D eigenvalue weighted by Crippen LogP contribution is 2.33. The van der Waals surface area contributed by atoms with Gasteiger partial charge < -0.3 is 5.73 Å². The van der Waals surface area contributed by atoms with E-state index in [-0.39, 0.29) is 17.4 Å². The number of rotatable bonds is 1. The van der Waals surface area contributed by atoms with Crippen molar-refractivity contribution in [3.63, 3.8) is 0 Å². The lowest BCUT2D eigenvalue weighted by Gasteiger charge is -2.24. The lowest BCUT2D eigenvalue weighted by molar-refractivity contribution is 0.592. The molecule has 0 saturated heterocycles. The molecule has 0 bridgehead atoms. The van der Waals surface area contributed by atoms with E-state index >= 15 is 0 Å². The Morgan fingerprint density at radius 3 is 2.83 bits per heavy atom. The van der Waals surface area contributed by atoms with Crippen LogP contribution in [0, 0.1) is 0 Å². The number of nitrogens with zero attached hydrogens (tertiary/aromatic N) is 1. The van der Waals surface area contributed by atoms with E-state index in [1.807, 2.05) is 18.2 Å². The van der Waals surface area contributed by atoms with Gasteiger partial charge in [0, 0.05) is 11.5 Å². The van der Waals surface area contributed by atoms with Gasteiger partial charge in [-0.2, -0.15) is 0 Å². The summed E-state index contributed by atoms with van der Waals surface area (Å²) in [5, 5.41) is 0. The van der Waals surface area contributed by atoms with Crippen LogP contribution in [0.4, 0.5) is 5.95 Å². The highest BCUT2D eigenvalue weighted by Gasteiger charge is 2.25. The highest BCUT2D eigenvalue weighted by atomic mass is 16.1. The molecular formula is C14H15N3O. The Morgan fingerprint density at radius 2 is 2.06 bits per heavy atom. The van der Waals surface area contributed by atoms with Crippen LogP contribution >= 0.6 is 0 Å². The Hall–Kier alpha value is -2.10. The quantitative estimate of drug-likeness (QED) is 0.800. The van der Waals surface area contributed by atoms with Gasteiger partial charge in [-0.05, 0) is 24.8 Å². The van der Waals surface area contributed by atoms with Gasteiger partial charge in [-0.25, -0.2) is 4.98 Å². The molecule has 92 valence electrons. The minimum Gasteiger partial charge on any atom is -0.369 e. The van der Waals surface area contributed by atoms with E-state index in [4.69, 9.17) is 5.73 Å². The van der Waals surface area contributed by atoms with Crippen molar-refractivity contribution in [2.75, 3.05) is 5.73 Å². The number of nitrogens with one attached hydrogen (secondary N) is 1. The normalized spacial score (nSPS) is 18.3. The first-order chi connectivity index (χ1) is 8.75. The molecule has 1 unspecified atom stereocenters. The summed E-state index contributed by atoms with van der Waals surface area (Å²) in [7, 11) is 0. The second kappa shape index (κ2) is 4.29. The topological polar surface area (TPSA) is 71.8 Å². The van der Waals surface area contributed by atoms with Gasteiger partial charge in [0.1, 0.15) is 0 Å². The second-order valence-corrected chi connectivity index (χ2v) is 4.67. The van der Waals surface area contributed by atoms with E-state index in [0.29, 0.717) is 0 Å². The number of H-pyrrole nitrogens is 1. The van der Waals surface area contributed by atoms with E-state index in [1.165, 1.54) is 5.56 Å². The van der Waals surface area contributed by atoms with E-state index in [1.54, 1.807) is 0 Å². The molecule has 4 nitrogen and oxygen atoms in total. The summed E-state index contributed by atoms with van der Waals surface area (Å²) in [4.78, 5) is 18.8. The number of hydrogen-bond acceptors (Lipinski definition) is 3. The number of benzene rings is 1. The Bertz CT molecular complexity index is 619. The summed E-state index contributed by atoms with van der Waals surface area (Å²) in [6, 6.07) is 10.2. The van der Waals surface area contributed by atoms with E-state index < -0.39 is 0 Å². The van der Waals surface area contributed by atoms with E-state index in [2.05, 4.69) is 22.1 Å². The molecule has 2 aromatic rings. The largest absolute Gasteiger partial charge is 0.369 e. The maximum Gasteiger partial charge on any atom is 0.255 e. The van der Waals surface area contributed by atoms with E-state index in [0.717, 1.165) is 30.5 Å². The number of anilines is 1. The summed E-state index contributed by atoms with van der Waals surface area (Å²) in [5.41, 5.74) is 8.43. The van der Waals surface area contributed by atoms with Crippen LogP contribution in [0.5, 0.6) is 0 Å². The van der Waals surface area contributed by atoms with Crippen molar-refractivity contribution in [2.45, 2.75) is 25.2 Å². The molecule has 4 heteroatoms. The van der Waals surface area contributed by atoms with Crippen LogP contribution in [0.25, 0.3) is 0 Å². The summed E-state index contributed by atoms with van der Waals surface area (Å²) in [6.45, 7) is 0. The molecule has 0 aliphatic heterocycles. The van der Waals surface area contributed by atoms with Crippen molar-refractivity contribution in [3.8, 4) is 0 Å². The first-order valence-electron chi connectivity index (χ1n) is 6.19. The molecule has 1 atom stereocenters. The van der Waals surface area contributed by atoms with Crippen molar-refractivity contribution in [1.29, 1.82) is 0 Å². The Morgan fingerprint density at radius 1 is 1.28 bits per heavy atom. The molecule has 0 fully saturated rings. The minimum absolute atomic E-state index is 0.0851. The standard InChI is InChI=1S/C14H15N3O/c15-14-16-12-10(9-5-2-1-3-6-9)7-4-8-11(12)13(18)17-14/h1-3,5-6,10H,4,7-8H2,(H3,15,16,17,18). The van der Waals surface area contributed by atoms with Gasteiger partial charge in [0.15, 0.2) is 0 Å². The van der Waals surface area contributed by atoms with Crippen LogP contribution in [0.3, 0.4) is 0 Å². The Kier molecular flexibility index (Phi) is 2.63. The SMILES string of the molecule is Nc1nc2c(c(=O)[nH]1)CCCC2c1ccccc1. The molecule has 3 rings (SSSR count). The number of nitrogen functional groups attached to an aromatic ring is 1. The van der Waals surface area contributed by atoms with E-state index in [9.17, 15) is 4.79 Å². The number of fused-ring (bicyclic) bond motifs is 1. The van der Waals surface area contributed by atoms with Gasteiger partial charge in [-0.15, -0.1) is 0 Å². The third-order valence-electron chi connectivity index (χ3n) is 3.52. The first-order valence-corrected chi connectivity index (χ1v) is 6.19. The lowest BCUT2D eigenvalue weighted by Crippen LogP contribution is -2.25. The van der Waals surface area contributed by atoms with Gasteiger partial charge in [0.05, 0.1) is 5.69 Å². The van der Waals surface area contributed by atoms with Crippen LogP contribution in [-0.4, -0.2) is 9.97 Å². The zero-order valence-electron chi connectivity index (χ0n) is 10.0. The van der Waals surface area contributed by atoms with Gasteiger partial charge in [-0.3, -0.25) is 9.78 Å². The molecule has 0 spiro atoms. The maximum atomic E-state index is 11.9. The number of nitrogens with two attached hydrogens (primary N) is 1. The van der Waals surface area contributed by atoms with Gasteiger partial charge in [0.25, 0.3) is 5.56 Å². The highest BCUT2D eigenvalue weighted by molar-refractivity contribution is 5.37. The number of aromatic nitrogens is 2. The summed E-state index contributed by atoms with van der Waals surface area (Å²) >= 11 is 0. The van der Waals surface area contributed by atoms with Crippen molar-refractivity contribution >= 4 is 5.95 Å². The smallest absolute Gasteiger partial charge is 0.255 e. The van der Waals surface area contributed by atoms with Crippen molar-refractivity contribution in [3.05, 3.63) is 57.5 Å². The molecule has 0 saturated carbocycles. The third-order valence-corrected chi connectivity index (χ3v) is 3.52. The first kappa shape index (κ1) is 11.0. The molecule has 18 heavy (non-hydrogen) atoms. The third kappa shape index (κ3) is 1.79. The average molecular weight is 241 g/mol. The Labute approximate surface area is 105 Å². The summed E-state index contributed by atoms with van der Waals surface area (Å²) in [5.74, 6) is 0.404. The molecule has 1 aromatic carbocycles. The van der Waals surface area contributed by atoms with Crippen molar-refractivity contribution < 1.29 is 0 Å². The van der Waals surface area contributed by atoms with Crippen LogP contribution in [0.15, 0.2) is 35.1 Å². The number of hydrogen-bond donors (Lipinski definition) is 2. The zero-order valence-corrected chi connectivity index (χ0v) is 10.0. The van der Waals surface area contributed by atoms with Crippen molar-refractivity contribution in [1.82, 2.24) is 9.97 Å². The molecule has 1 aliphatic rings. The molecule has 1 aliphatic carbocycles. The van der Waals surface area contributed by atoms with Crippen molar-refractivity contribution in [2.24, 2.45) is 0 Å². The molecule has 3 N–H and O–H groups in total. The fraction of sp³-hybridized carbons (Fsp3) is 0.286. The molecule has 0 amide bonds. The minimum atomic E-state index is -0.0851. The molecular weight excluding hydrogens is 226 g/mol. The van der Waals surface area contributed by atoms with Gasteiger partial charge in [0.2, 0.25) is 5.95 Å². The predicted octanol–water partition coefficient (Wildman–Crippen LogP) is 1.82. The second-order valence-electron chi connectivity index (χ2n) is 4.67. The Balaban J connectivity index is 2.15. The van der Waals surface area contributed by atoms with Crippen LogP contribution in [-0.2, 0) is 6.42 Å². The molecule has 1 heterocycles. The fourth-order valence-electron chi connectivity index (χ4n) is 2.69. The monoisotopic (exact) mass is 241 g/mol. The zero-order chi connectivity index (χ0) is 12.5. The van der Waals surface area contributed by atoms with Crippen LogP contribution in [0.2, 0.25) is 0 Å². The predicted molar refractivity (Wildman–Crippen MR) is 70.5 cm³/mol. The molecule has 0 radical (unpaired) electrons. The number of aromatic amines is 1. The van der Waals surface area contributed by atoms with Crippen LogP contribution < -0.4 is 11.3 Å². The van der Waals surface area contributed by atoms with Gasteiger partial charge in [-0.1, -0.05) is 30.3 Å².